The number of aromatic hydroxyl groups is 1. The maximum atomic E-state index is 10.9. The fourth-order valence-corrected chi connectivity index (χ4v) is 1.86. The summed E-state index contributed by atoms with van der Waals surface area (Å²) in [5, 5.41) is 22.2. The highest BCUT2D eigenvalue weighted by Gasteiger charge is 2.22. The lowest BCUT2D eigenvalue weighted by Crippen LogP contribution is -2.13. The molecular weight excluding hydrogens is 234 g/mol. The van der Waals surface area contributed by atoms with Crippen LogP contribution >= 0.6 is 0 Å². The first-order chi connectivity index (χ1) is 8.58. The van der Waals surface area contributed by atoms with Crippen molar-refractivity contribution in [1.29, 1.82) is 0 Å². The Labute approximate surface area is 104 Å². The van der Waals surface area contributed by atoms with Crippen LogP contribution in [0.3, 0.4) is 0 Å². The van der Waals surface area contributed by atoms with Crippen LogP contribution in [-0.4, -0.2) is 30.9 Å². The van der Waals surface area contributed by atoms with Crippen LogP contribution in [-0.2, 0) is 11.8 Å². The van der Waals surface area contributed by atoms with Gasteiger partial charge in [-0.05, 0) is 17.7 Å². The number of hydrogen-bond acceptors (Lipinski definition) is 4. The Hall–Kier alpha value is -2.37. The SMILES string of the molecule is Cn1ncnc1C(CC(=O)O)c1ccc(O)cc1. The average molecular weight is 247 g/mol. The summed E-state index contributed by atoms with van der Waals surface area (Å²) in [4.78, 5) is 15.0. The molecule has 1 aromatic carbocycles. The number of aromatic nitrogens is 3. The van der Waals surface area contributed by atoms with E-state index in [9.17, 15) is 9.90 Å². The molecule has 0 bridgehead atoms. The van der Waals surface area contributed by atoms with Gasteiger partial charge < -0.3 is 10.2 Å². The summed E-state index contributed by atoms with van der Waals surface area (Å²) in [7, 11) is 1.72. The number of hydrogen-bond donors (Lipinski definition) is 2. The fraction of sp³-hybridized carbons (Fsp3) is 0.250. The lowest BCUT2D eigenvalue weighted by molar-refractivity contribution is -0.137. The number of nitrogens with zero attached hydrogens (tertiary/aromatic N) is 3. The van der Waals surface area contributed by atoms with Gasteiger partial charge in [-0.3, -0.25) is 9.48 Å². The van der Waals surface area contributed by atoms with Gasteiger partial charge in [-0.2, -0.15) is 5.10 Å². The highest BCUT2D eigenvalue weighted by Crippen LogP contribution is 2.27. The Morgan fingerprint density at radius 1 is 1.39 bits per heavy atom. The number of phenols is 1. The molecule has 2 aromatic rings. The monoisotopic (exact) mass is 247 g/mol. The predicted molar refractivity (Wildman–Crippen MR) is 63.2 cm³/mol. The van der Waals surface area contributed by atoms with E-state index >= 15 is 0 Å². The van der Waals surface area contributed by atoms with Gasteiger partial charge in [0.05, 0.1) is 12.3 Å². The summed E-state index contributed by atoms with van der Waals surface area (Å²) in [5.41, 5.74) is 0.784. The van der Waals surface area contributed by atoms with Crippen molar-refractivity contribution in [3.8, 4) is 5.75 Å². The molecule has 6 nitrogen and oxygen atoms in total. The van der Waals surface area contributed by atoms with Crippen molar-refractivity contribution in [1.82, 2.24) is 14.8 Å². The first kappa shape index (κ1) is 12.1. The van der Waals surface area contributed by atoms with Crippen LogP contribution in [0.15, 0.2) is 30.6 Å². The van der Waals surface area contributed by atoms with Crippen molar-refractivity contribution >= 4 is 5.97 Å². The summed E-state index contributed by atoms with van der Waals surface area (Å²) in [6.45, 7) is 0. The Balaban J connectivity index is 2.39. The van der Waals surface area contributed by atoms with E-state index in [4.69, 9.17) is 5.11 Å². The van der Waals surface area contributed by atoms with E-state index < -0.39 is 5.97 Å². The Morgan fingerprint density at radius 3 is 2.56 bits per heavy atom. The molecule has 0 fully saturated rings. The van der Waals surface area contributed by atoms with E-state index in [1.54, 1.807) is 23.9 Å². The fourth-order valence-electron chi connectivity index (χ4n) is 1.86. The quantitative estimate of drug-likeness (QED) is 0.845. The van der Waals surface area contributed by atoms with E-state index in [2.05, 4.69) is 10.1 Å². The molecule has 2 N–H and O–H groups in total. The number of rotatable bonds is 4. The standard InChI is InChI=1S/C12H13N3O3/c1-15-12(13-7-14-15)10(6-11(17)18)8-2-4-9(16)5-3-8/h2-5,7,10,16H,6H2,1H3,(H,17,18). The number of carbonyl (C=O) groups is 1. The normalized spacial score (nSPS) is 12.3. The number of aryl methyl sites for hydroxylation is 1. The summed E-state index contributed by atoms with van der Waals surface area (Å²) in [6.07, 6.45) is 1.32. The van der Waals surface area contributed by atoms with Gasteiger partial charge in [0, 0.05) is 7.05 Å². The van der Waals surface area contributed by atoms with Gasteiger partial charge in [0.15, 0.2) is 0 Å². The molecule has 2 rings (SSSR count). The Bertz CT molecular complexity index is 548. The van der Waals surface area contributed by atoms with Gasteiger partial charge >= 0.3 is 5.97 Å². The molecule has 0 spiro atoms. The summed E-state index contributed by atoms with van der Waals surface area (Å²) in [5.74, 6) is -0.555. The lowest BCUT2D eigenvalue weighted by Gasteiger charge is -2.14. The van der Waals surface area contributed by atoms with Gasteiger partial charge in [0.25, 0.3) is 0 Å². The number of phenolic OH excluding ortho intramolecular Hbond substituents is 1. The summed E-state index contributed by atoms with van der Waals surface area (Å²) < 4.78 is 1.56. The van der Waals surface area contributed by atoms with Crippen molar-refractivity contribution in [3.05, 3.63) is 42.0 Å². The third kappa shape index (κ3) is 2.48. The second-order valence-electron chi connectivity index (χ2n) is 3.98. The molecule has 0 aliphatic heterocycles. The number of carboxylic acid groups (broad SMARTS) is 1. The lowest BCUT2D eigenvalue weighted by atomic mass is 9.95. The molecule has 1 unspecified atom stereocenters. The molecular formula is C12H13N3O3. The summed E-state index contributed by atoms with van der Waals surface area (Å²) in [6, 6.07) is 6.44. The molecule has 94 valence electrons. The van der Waals surface area contributed by atoms with Crippen LogP contribution in [0.25, 0.3) is 0 Å². The number of benzene rings is 1. The first-order valence-electron chi connectivity index (χ1n) is 5.42. The average Bonchev–Trinajstić information content (AvgIpc) is 2.73. The zero-order chi connectivity index (χ0) is 13.1. The van der Waals surface area contributed by atoms with Crippen LogP contribution in [0.5, 0.6) is 5.75 Å². The third-order valence-electron chi connectivity index (χ3n) is 2.73. The van der Waals surface area contributed by atoms with Gasteiger partial charge in [0.2, 0.25) is 0 Å². The molecule has 0 saturated heterocycles. The predicted octanol–water partition coefficient (Wildman–Crippen LogP) is 1.13. The molecule has 0 aliphatic rings. The number of aliphatic carboxylic acids is 1. The van der Waals surface area contributed by atoms with Gasteiger partial charge in [-0.1, -0.05) is 12.1 Å². The topological polar surface area (TPSA) is 88.2 Å². The maximum Gasteiger partial charge on any atom is 0.304 e. The van der Waals surface area contributed by atoms with Crippen LogP contribution in [0.2, 0.25) is 0 Å². The third-order valence-corrected chi connectivity index (χ3v) is 2.73. The van der Waals surface area contributed by atoms with Gasteiger partial charge in [0.1, 0.15) is 17.9 Å². The number of carboxylic acids is 1. The molecule has 1 atom stereocenters. The minimum Gasteiger partial charge on any atom is -0.508 e. The summed E-state index contributed by atoms with van der Waals surface area (Å²) >= 11 is 0. The van der Waals surface area contributed by atoms with Crippen LogP contribution in [0.4, 0.5) is 0 Å². The second kappa shape index (κ2) is 4.87. The molecule has 18 heavy (non-hydrogen) atoms. The van der Waals surface area contributed by atoms with Crippen LogP contribution < -0.4 is 0 Å². The molecule has 0 radical (unpaired) electrons. The van der Waals surface area contributed by atoms with Crippen molar-refractivity contribution in [2.24, 2.45) is 7.05 Å². The van der Waals surface area contributed by atoms with E-state index in [1.165, 1.54) is 18.5 Å². The van der Waals surface area contributed by atoms with E-state index in [-0.39, 0.29) is 18.1 Å². The highest BCUT2D eigenvalue weighted by atomic mass is 16.4. The van der Waals surface area contributed by atoms with Crippen molar-refractivity contribution < 1.29 is 15.0 Å². The largest absolute Gasteiger partial charge is 0.508 e. The minimum absolute atomic E-state index is 0.0721. The molecule has 1 heterocycles. The van der Waals surface area contributed by atoms with Crippen LogP contribution in [0, 0.1) is 0 Å². The molecule has 0 amide bonds. The van der Waals surface area contributed by atoms with Crippen molar-refractivity contribution in [3.63, 3.8) is 0 Å². The second-order valence-corrected chi connectivity index (χ2v) is 3.98. The van der Waals surface area contributed by atoms with Crippen LogP contribution in [0.1, 0.15) is 23.7 Å². The minimum atomic E-state index is -0.906. The van der Waals surface area contributed by atoms with Gasteiger partial charge in [-0.15, -0.1) is 0 Å². The van der Waals surface area contributed by atoms with E-state index in [0.29, 0.717) is 5.82 Å². The Kier molecular flexibility index (Phi) is 3.27. The Morgan fingerprint density at radius 2 is 2.06 bits per heavy atom. The molecule has 0 saturated carbocycles. The molecule has 6 heteroatoms. The maximum absolute atomic E-state index is 10.9. The first-order valence-corrected chi connectivity index (χ1v) is 5.42. The zero-order valence-electron chi connectivity index (χ0n) is 9.82. The highest BCUT2D eigenvalue weighted by molar-refractivity contribution is 5.68. The molecule has 0 aliphatic carbocycles. The smallest absolute Gasteiger partial charge is 0.304 e. The van der Waals surface area contributed by atoms with Crippen molar-refractivity contribution in [2.45, 2.75) is 12.3 Å². The van der Waals surface area contributed by atoms with E-state index in [1.807, 2.05) is 0 Å². The van der Waals surface area contributed by atoms with E-state index in [0.717, 1.165) is 5.56 Å². The zero-order valence-corrected chi connectivity index (χ0v) is 9.82. The van der Waals surface area contributed by atoms with Gasteiger partial charge in [-0.25, -0.2) is 4.98 Å². The van der Waals surface area contributed by atoms with Crippen molar-refractivity contribution in [2.75, 3.05) is 0 Å². The molecule has 1 aromatic heterocycles.